The largest absolute Gasteiger partial charge is 0.453 e. The number of ether oxygens (including phenoxy) is 1. The highest BCUT2D eigenvalue weighted by Gasteiger charge is 2.13. The predicted molar refractivity (Wildman–Crippen MR) is 57.9 cm³/mol. The Labute approximate surface area is 88.6 Å². The molecule has 1 heterocycles. The van der Waals surface area contributed by atoms with Gasteiger partial charge in [-0.2, -0.15) is 0 Å². The summed E-state index contributed by atoms with van der Waals surface area (Å²) in [5, 5.41) is 6.00. The van der Waals surface area contributed by atoms with E-state index in [0.29, 0.717) is 0 Å². The average molecular weight is 206 g/mol. The first-order valence-corrected chi connectivity index (χ1v) is 4.97. The SMILES string of the molecule is COC(=O)Nc1cccc2c1CNCC2. The van der Waals surface area contributed by atoms with Crippen LogP contribution in [0.2, 0.25) is 0 Å². The Hall–Kier alpha value is -1.55. The van der Waals surface area contributed by atoms with E-state index in [1.165, 1.54) is 12.7 Å². The smallest absolute Gasteiger partial charge is 0.411 e. The number of nitrogens with one attached hydrogen (secondary N) is 2. The zero-order valence-corrected chi connectivity index (χ0v) is 8.67. The van der Waals surface area contributed by atoms with Crippen molar-refractivity contribution < 1.29 is 9.53 Å². The molecule has 1 aliphatic rings. The maximum atomic E-state index is 11.1. The Bertz CT molecular complexity index is 377. The second-order valence-electron chi connectivity index (χ2n) is 3.49. The lowest BCUT2D eigenvalue weighted by atomic mass is 9.99. The fraction of sp³-hybridized carbons (Fsp3) is 0.364. The summed E-state index contributed by atoms with van der Waals surface area (Å²) in [5.74, 6) is 0. The minimum atomic E-state index is -0.422. The zero-order chi connectivity index (χ0) is 10.7. The number of carbonyl (C=O) groups is 1. The van der Waals surface area contributed by atoms with Gasteiger partial charge < -0.3 is 10.1 Å². The first-order valence-electron chi connectivity index (χ1n) is 4.97. The average Bonchev–Trinajstić information content (AvgIpc) is 2.29. The molecular formula is C11H14N2O2. The predicted octanol–water partition coefficient (Wildman–Crippen LogP) is 1.51. The summed E-state index contributed by atoms with van der Waals surface area (Å²) in [7, 11) is 1.36. The molecule has 0 aliphatic carbocycles. The highest BCUT2D eigenvalue weighted by molar-refractivity contribution is 5.85. The van der Waals surface area contributed by atoms with Gasteiger partial charge in [0, 0.05) is 12.2 Å². The Balaban J connectivity index is 2.27. The van der Waals surface area contributed by atoms with Crippen LogP contribution in [0.4, 0.5) is 10.5 Å². The fourth-order valence-electron chi connectivity index (χ4n) is 1.79. The van der Waals surface area contributed by atoms with Gasteiger partial charge in [0.05, 0.1) is 7.11 Å². The van der Waals surface area contributed by atoms with Gasteiger partial charge in [-0.1, -0.05) is 12.1 Å². The molecule has 0 saturated carbocycles. The highest BCUT2D eigenvalue weighted by Crippen LogP contribution is 2.22. The maximum absolute atomic E-state index is 11.1. The van der Waals surface area contributed by atoms with Crippen molar-refractivity contribution in [3.8, 4) is 0 Å². The highest BCUT2D eigenvalue weighted by atomic mass is 16.5. The van der Waals surface area contributed by atoms with E-state index in [0.717, 1.165) is 30.8 Å². The third kappa shape index (κ3) is 2.10. The Morgan fingerprint density at radius 3 is 3.20 bits per heavy atom. The molecule has 2 rings (SSSR count). The van der Waals surface area contributed by atoms with Crippen LogP contribution in [-0.4, -0.2) is 19.7 Å². The van der Waals surface area contributed by atoms with Gasteiger partial charge in [-0.15, -0.1) is 0 Å². The molecule has 0 spiro atoms. The quantitative estimate of drug-likeness (QED) is 0.732. The van der Waals surface area contributed by atoms with Crippen molar-refractivity contribution in [3.05, 3.63) is 29.3 Å². The van der Waals surface area contributed by atoms with E-state index in [9.17, 15) is 4.79 Å². The van der Waals surface area contributed by atoms with Crippen LogP contribution in [0.1, 0.15) is 11.1 Å². The van der Waals surface area contributed by atoms with Gasteiger partial charge in [0.2, 0.25) is 0 Å². The minimum absolute atomic E-state index is 0.422. The number of hydrogen-bond acceptors (Lipinski definition) is 3. The molecule has 80 valence electrons. The number of rotatable bonds is 1. The molecule has 4 nitrogen and oxygen atoms in total. The molecule has 15 heavy (non-hydrogen) atoms. The molecule has 1 aliphatic heterocycles. The van der Waals surface area contributed by atoms with Crippen LogP contribution < -0.4 is 10.6 Å². The van der Waals surface area contributed by atoms with Crippen LogP contribution in [0.5, 0.6) is 0 Å². The zero-order valence-electron chi connectivity index (χ0n) is 8.67. The molecule has 0 atom stereocenters. The van der Waals surface area contributed by atoms with Gasteiger partial charge in [-0.05, 0) is 30.2 Å². The number of amides is 1. The fourth-order valence-corrected chi connectivity index (χ4v) is 1.79. The standard InChI is InChI=1S/C11H14N2O2/c1-15-11(14)13-10-4-2-3-8-5-6-12-7-9(8)10/h2-4,12H,5-7H2,1H3,(H,13,14). The lowest BCUT2D eigenvalue weighted by Crippen LogP contribution is -2.25. The molecule has 1 aromatic carbocycles. The normalized spacial score (nSPS) is 14.2. The third-order valence-electron chi connectivity index (χ3n) is 2.57. The molecule has 0 saturated heterocycles. The van der Waals surface area contributed by atoms with Gasteiger partial charge in [-0.3, -0.25) is 5.32 Å². The van der Waals surface area contributed by atoms with Crippen molar-refractivity contribution in [2.24, 2.45) is 0 Å². The molecule has 0 fully saturated rings. The van der Waals surface area contributed by atoms with Gasteiger partial charge in [0.15, 0.2) is 0 Å². The monoisotopic (exact) mass is 206 g/mol. The van der Waals surface area contributed by atoms with E-state index in [4.69, 9.17) is 0 Å². The molecule has 4 heteroatoms. The number of methoxy groups -OCH3 is 1. The summed E-state index contributed by atoms with van der Waals surface area (Å²) in [5.41, 5.74) is 3.29. The van der Waals surface area contributed by atoms with E-state index in [1.54, 1.807) is 0 Å². The molecular weight excluding hydrogens is 192 g/mol. The van der Waals surface area contributed by atoms with Crippen LogP contribution in [0.15, 0.2) is 18.2 Å². The van der Waals surface area contributed by atoms with E-state index in [-0.39, 0.29) is 0 Å². The van der Waals surface area contributed by atoms with E-state index in [1.807, 2.05) is 12.1 Å². The Kier molecular flexibility index (Phi) is 2.87. The number of carbonyl (C=O) groups excluding carboxylic acids is 1. The van der Waals surface area contributed by atoms with Gasteiger partial charge in [0.25, 0.3) is 0 Å². The summed E-state index contributed by atoms with van der Waals surface area (Å²) >= 11 is 0. The minimum Gasteiger partial charge on any atom is -0.453 e. The second kappa shape index (κ2) is 4.31. The molecule has 1 aromatic rings. The summed E-state index contributed by atoms with van der Waals surface area (Å²) in [4.78, 5) is 11.1. The van der Waals surface area contributed by atoms with Crippen molar-refractivity contribution in [2.45, 2.75) is 13.0 Å². The van der Waals surface area contributed by atoms with Crippen LogP contribution in [0.25, 0.3) is 0 Å². The summed E-state index contributed by atoms with van der Waals surface area (Å²) in [6.45, 7) is 1.80. The van der Waals surface area contributed by atoms with Crippen LogP contribution in [0.3, 0.4) is 0 Å². The lowest BCUT2D eigenvalue weighted by Gasteiger charge is -2.20. The Morgan fingerprint density at radius 1 is 1.53 bits per heavy atom. The van der Waals surface area contributed by atoms with E-state index >= 15 is 0 Å². The van der Waals surface area contributed by atoms with Crippen molar-refractivity contribution in [1.29, 1.82) is 0 Å². The first-order chi connectivity index (χ1) is 7.31. The first kappa shape index (κ1) is 9.98. The number of fused-ring (bicyclic) bond motifs is 1. The van der Waals surface area contributed by atoms with Crippen molar-refractivity contribution >= 4 is 11.8 Å². The molecule has 2 N–H and O–H groups in total. The summed E-state index contributed by atoms with van der Waals surface area (Å²) in [6, 6.07) is 5.94. The maximum Gasteiger partial charge on any atom is 0.411 e. The van der Waals surface area contributed by atoms with Crippen LogP contribution in [0, 0.1) is 0 Å². The van der Waals surface area contributed by atoms with Gasteiger partial charge in [-0.25, -0.2) is 4.79 Å². The third-order valence-corrected chi connectivity index (χ3v) is 2.57. The summed E-state index contributed by atoms with van der Waals surface area (Å²) in [6.07, 6.45) is 0.584. The molecule has 0 unspecified atom stereocenters. The number of hydrogen-bond donors (Lipinski definition) is 2. The van der Waals surface area contributed by atoms with Crippen molar-refractivity contribution in [3.63, 3.8) is 0 Å². The molecule has 0 bridgehead atoms. The van der Waals surface area contributed by atoms with E-state index < -0.39 is 6.09 Å². The van der Waals surface area contributed by atoms with Crippen molar-refractivity contribution in [1.82, 2.24) is 5.32 Å². The Morgan fingerprint density at radius 2 is 2.40 bits per heavy atom. The lowest BCUT2D eigenvalue weighted by molar-refractivity contribution is 0.187. The van der Waals surface area contributed by atoms with Gasteiger partial charge in [0.1, 0.15) is 0 Å². The van der Waals surface area contributed by atoms with Crippen molar-refractivity contribution in [2.75, 3.05) is 19.0 Å². The van der Waals surface area contributed by atoms with Crippen LogP contribution in [-0.2, 0) is 17.7 Å². The number of benzene rings is 1. The van der Waals surface area contributed by atoms with Gasteiger partial charge >= 0.3 is 6.09 Å². The van der Waals surface area contributed by atoms with Crippen LogP contribution >= 0.6 is 0 Å². The molecule has 0 aromatic heterocycles. The van der Waals surface area contributed by atoms with E-state index in [2.05, 4.69) is 21.4 Å². The molecule has 1 amide bonds. The second-order valence-corrected chi connectivity index (χ2v) is 3.49. The summed E-state index contributed by atoms with van der Waals surface area (Å²) < 4.78 is 4.57. The topological polar surface area (TPSA) is 50.4 Å². The number of anilines is 1. The molecule has 0 radical (unpaired) electrons.